The van der Waals surface area contributed by atoms with Gasteiger partial charge in [0.25, 0.3) is 11.8 Å². The van der Waals surface area contributed by atoms with Gasteiger partial charge in [0.05, 0.1) is 6.20 Å². The van der Waals surface area contributed by atoms with Crippen molar-refractivity contribution in [2.45, 2.75) is 19.4 Å². The number of carbonyl (C=O) groups is 3. The van der Waals surface area contributed by atoms with E-state index in [1.54, 1.807) is 30.3 Å². The predicted molar refractivity (Wildman–Crippen MR) is 102 cm³/mol. The number of nitrogens with one attached hydrogen (secondary N) is 1. The Kier molecular flexibility index (Phi) is 5.64. The average molecular weight is 377 g/mol. The van der Waals surface area contributed by atoms with E-state index in [9.17, 15) is 14.4 Å². The molecule has 0 saturated heterocycles. The van der Waals surface area contributed by atoms with Gasteiger partial charge in [0.15, 0.2) is 5.76 Å². The Labute approximate surface area is 161 Å². The molecule has 1 unspecified atom stereocenters. The molecular weight excluding hydrogens is 358 g/mol. The molecule has 1 heterocycles. The summed E-state index contributed by atoms with van der Waals surface area (Å²) in [5.74, 6) is -2.27. The van der Waals surface area contributed by atoms with E-state index < -0.39 is 23.6 Å². The minimum atomic E-state index is -1.11. The van der Waals surface area contributed by atoms with E-state index in [-0.39, 0.29) is 17.7 Å². The van der Waals surface area contributed by atoms with E-state index in [2.05, 4.69) is 10.5 Å². The van der Waals surface area contributed by atoms with Crippen LogP contribution in [0, 0.1) is 6.92 Å². The van der Waals surface area contributed by atoms with Crippen molar-refractivity contribution in [3.05, 3.63) is 77.5 Å². The highest BCUT2D eigenvalue weighted by Gasteiger charge is 2.28. The highest BCUT2D eigenvalue weighted by atomic mass is 16.5. The minimum Gasteiger partial charge on any atom is -0.363 e. The fourth-order valence-electron chi connectivity index (χ4n) is 2.86. The largest absolute Gasteiger partial charge is 0.363 e. The minimum absolute atomic E-state index is 0.138. The van der Waals surface area contributed by atoms with E-state index in [0.717, 1.165) is 11.1 Å². The van der Waals surface area contributed by atoms with E-state index in [1.165, 1.54) is 6.20 Å². The molecule has 0 spiro atoms. The number of aromatic nitrogens is 1. The van der Waals surface area contributed by atoms with Gasteiger partial charge in [-0.1, -0.05) is 59.3 Å². The molecule has 1 atom stereocenters. The summed E-state index contributed by atoms with van der Waals surface area (Å²) in [4.78, 5) is 36.4. The lowest BCUT2D eigenvalue weighted by Crippen LogP contribution is -2.47. The molecule has 2 amide bonds. The zero-order valence-electron chi connectivity index (χ0n) is 15.2. The molecule has 3 rings (SSSR count). The Morgan fingerprint density at radius 2 is 1.86 bits per heavy atom. The standard InChI is InChI=1S/C21H19N3O4/c1-13-6-5-9-15(10-13)19-16(12-23-28-19)21(27)24-17(18(25)20(22)26)11-14-7-3-2-4-8-14/h2-10,12,17H,11H2,1H3,(H2,22,26)(H,24,27). The van der Waals surface area contributed by atoms with Crippen LogP contribution in [0.3, 0.4) is 0 Å². The van der Waals surface area contributed by atoms with Crippen molar-refractivity contribution in [2.75, 3.05) is 0 Å². The van der Waals surface area contributed by atoms with Gasteiger partial charge in [-0.05, 0) is 18.6 Å². The second-order valence-electron chi connectivity index (χ2n) is 6.38. The SMILES string of the molecule is Cc1cccc(-c2oncc2C(=O)NC(Cc2ccccc2)C(=O)C(N)=O)c1. The molecule has 142 valence electrons. The lowest BCUT2D eigenvalue weighted by molar-refractivity contribution is -0.137. The third kappa shape index (κ3) is 4.32. The van der Waals surface area contributed by atoms with Crippen LogP contribution in [-0.2, 0) is 16.0 Å². The highest BCUT2D eigenvalue weighted by molar-refractivity contribution is 6.38. The van der Waals surface area contributed by atoms with Crippen molar-refractivity contribution in [2.24, 2.45) is 5.73 Å². The van der Waals surface area contributed by atoms with E-state index in [4.69, 9.17) is 10.3 Å². The molecule has 1 aromatic heterocycles. The number of primary amides is 1. The summed E-state index contributed by atoms with van der Waals surface area (Å²) in [5, 5.41) is 6.29. The first-order valence-electron chi connectivity index (χ1n) is 8.66. The first kappa shape index (κ1) is 19.0. The van der Waals surface area contributed by atoms with Gasteiger partial charge in [-0.25, -0.2) is 0 Å². The van der Waals surface area contributed by atoms with E-state index >= 15 is 0 Å². The van der Waals surface area contributed by atoms with Crippen LogP contribution in [0.15, 0.2) is 65.3 Å². The van der Waals surface area contributed by atoms with Gasteiger partial charge in [-0.2, -0.15) is 0 Å². The molecule has 2 aromatic carbocycles. The first-order valence-corrected chi connectivity index (χ1v) is 8.66. The number of ketones is 1. The monoisotopic (exact) mass is 377 g/mol. The fraction of sp³-hybridized carbons (Fsp3) is 0.143. The third-order valence-corrected chi connectivity index (χ3v) is 4.24. The molecule has 3 N–H and O–H groups in total. The van der Waals surface area contributed by atoms with Crippen molar-refractivity contribution in [3.63, 3.8) is 0 Å². The maximum atomic E-state index is 12.8. The lowest BCUT2D eigenvalue weighted by Gasteiger charge is -2.16. The number of amides is 2. The average Bonchev–Trinajstić information content (AvgIpc) is 3.17. The molecule has 0 aliphatic heterocycles. The van der Waals surface area contributed by atoms with Crippen molar-refractivity contribution >= 4 is 17.6 Å². The Morgan fingerprint density at radius 1 is 1.11 bits per heavy atom. The Morgan fingerprint density at radius 3 is 2.54 bits per heavy atom. The number of nitrogens with zero attached hydrogens (tertiary/aromatic N) is 1. The normalized spacial score (nSPS) is 11.6. The molecule has 28 heavy (non-hydrogen) atoms. The molecule has 3 aromatic rings. The summed E-state index contributed by atoms with van der Waals surface area (Å²) in [7, 11) is 0. The number of hydrogen-bond donors (Lipinski definition) is 2. The molecular formula is C21H19N3O4. The summed E-state index contributed by atoms with van der Waals surface area (Å²) in [6.07, 6.45) is 1.42. The molecule has 0 aliphatic carbocycles. The summed E-state index contributed by atoms with van der Waals surface area (Å²) in [6.45, 7) is 1.92. The van der Waals surface area contributed by atoms with E-state index in [1.807, 2.05) is 31.2 Å². The predicted octanol–water partition coefficient (Wildman–Crippen LogP) is 2.05. The zero-order valence-corrected chi connectivity index (χ0v) is 15.2. The number of benzene rings is 2. The third-order valence-electron chi connectivity index (χ3n) is 4.24. The van der Waals surface area contributed by atoms with Crippen LogP contribution >= 0.6 is 0 Å². The number of carbonyl (C=O) groups excluding carboxylic acids is 3. The molecule has 0 bridgehead atoms. The van der Waals surface area contributed by atoms with Crippen LogP contribution in [0.1, 0.15) is 21.5 Å². The number of Topliss-reactive ketones (excluding diaryl/α,β-unsaturated/α-hetero) is 1. The van der Waals surface area contributed by atoms with Gasteiger partial charge < -0.3 is 15.6 Å². The van der Waals surface area contributed by atoms with Crippen LogP contribution in [-0.4, -0.2) is 28.8 Å². The second kappa shape index (κ2) is 8.30. The molecule has 7 nitrogen and oxygen atoms in total. The van der Waals surface area contributed by atoms with Crippen molar-refractivity contribution in [1.29, 1.82) is 0 Å². The lowest BCUT2D eigenvalue weighted by atomic mass is 10.0. The summed E-state index contributed by atoms with van der Waals surface area (Å²) < 4.78 is 5.25. The second-order valence-corrected chi connectivity index (χ2v) is 6.38. The molecule has 0 fully saturated rings. The maximum Gasteiger partial charge on any atom is 0.287 e. The summed E-state index contributed by atoms with van der Waals surface area (Å²) >= 11 is 0. The van der Waals surface area contributed by atoms with Gasteiger partial charge in [0.2, 0.25) is 5.78 Å². The van der Waals surface area contributed by atoms with Gasteiger partial charge >= 0.3 is 0 Å². The Bertz CT molecular complexity index is 1010. The number of aryl methyl sites for hydroxylation is 1. The van der Waals surface area contributed by atoms with Gasteiger partial charge in [0.1, 0.15) is 11.6 Å². The number of nitrogens with two attached hydrogens (primary N) is 1. The van der Waals surface area contributed by atoms with Crippen molar-refractivity contribution in [3.8, 4) is 11.3 Å². The summed E-state index contributed by atoms with van der Waals surface area (Å²) in [6, 6.07) is 15.3. The van der Waals surface area contributed by atoms with Crippen LogP contribution in [0.25, 0.3) is 11.3 Å². The zero-order chi connectivity index (χ0) is 20.1. The fourth-order valence-corrected chi connectivity index (χ4v) is 2.86. The smallest absolute Gasteiger partial charge is 0.287 e. The summed E-state index contributed by atoms with van der Waals surface area (Å²) in [5.41, 5.74) is 7.78. The molecule has 0 saturated carbocycles. The highest BCUT2D eigenvalue weighted by Crippen LogP contribution is 2.24. The topological polar surface area (TPSA) is 115 Å². The number of hydrogen-bond acceptors (Lipinski definition) is 5. The molecule has 0 radical (unpaired) electrons. The first-order chi connectivity index (χ1) is 13.5. The van der Waals surface area contributed by atoms with E-state index in [0.29, 0.717) is 5.56 Å². The van der Waals surface area contributed by atoms with Crippen LogP contribution in [0.4, 0.5) is 0 Å². The molecule has 0 aliphatic rings. The van der Waals surface area contributed by atoms with Gasteiger partial charge in [0, 0.05) is 12.0 Å². The van der Waals surface area contributed by atoms with Crippen molar-refractivity contribution in [1.82, 2.24) is 10.5 Å². The quantitative estimate of drug-likeness (QED) is 0.612. The van der Waals surface area contributed by atoms with Gasteiger partial charge in [-0.15, -0.1) is 0 Å². The van der Waals surface area contributed by atoms with Crippen LogP contribution < -0.4 is 11.1 Å². The van der Waals surface area contributed by atoms with Gasteiger partial charge in [-0.3, -0.25) is 14.4 Å². The van der Waals surface area contributed by atoms with Crippen LogP contribution in [0.2, 0.25) is 0 Å². The Hall–Kier alpha value is -3.74. The maximum absolute atomic E-state index is 12.8. The Balaban J connectivity index is 1.86. The van der Waals surface area contributed by atoms with Crippen molar-refractivity contribution < 1.29 is 18.9 Å². The molecule has 7 heteroatoms. The van der Waals surface area contributed by atoms with Crippen LogP contribution in [0.5, 0.6) is 0 Å². The number of rotatable bonds is 7.